The van der Waals surface area contributed by atoms with Gasteiger partial charge in [0.05, 0.1) is 18.4 Å². The first-order valence-corrected chi connectivity index (χ1v) is 10.4. The molecule has 156 valence electrons. The van der Waals surface area contributed by atoms with E-state index in [2.05, 4.69) is 40.4 Å². The fourth-order valence-corrected chi connectivity index (χ4v) is 3.82. The van der Waals surface area contributed by atoms with Gasteiger partial charge in [-0.15, -0.1) is 0 Å². The molecule has 6 nitrogen and oxygen atoms in total. The lowest BCUT2D eigenvalue weighted by Crippen LogP contribution is -2.40. The molecule has 0 saturated carbocycles. The number of nitrogens with one attached hydrogen (secondary N) is 1. The van der Waals surface area contributed by atoms with Crippen LogP contribution in [0.1, 0.15) is 34.2 Å². The molecular weight excluding hydrogens is 376 g/mol. The van der Waals surface area contributed by atoms with Crippen molar-refractivity contribution < 1.29 is 9.53 Å². The van der Waals surface area contributed by atoms with Gasteiger partial charge in [0.15, 0.2) is 5.69 Å². The molecule has 6 heteroatoms. The van der Waals surface area contributed by atoms with Crippen LogP contribution in [0.3, 0.4) is 0 Å². The van der Waals surface area contributed by atoms with E-state index < -0.39 is 0 Å². The third-order valence-electron chi connectivity index (χ3n) is 5.30. The molecule has 1 saturated heterocycles. The molecule has 1 fully saturated rings. The van der Waals surface area contributed by atoms with Crippen molar-refractivity contribution in [2.45, 2.75) is 33.0 Å². The molecule has 1 aromatic heterocycles. The Labute approximate surface area is 177 Å². The first kappa shape index (κ1) is 20.3. The maximum atomic E-state index is 12.6. The van der Waals surface area contributed by atoms with Crippen LogP contribution in [0.4, 0.5) is 0 Å². The average Bonchev–Trinajstić information content (AvgIpc) is 3.15. The van der Waals surface area contributed by atoms with Crippen molar-refractivity contribution in [1.82, 2.24) is 20.0 Å². The Bertz CT molecular complexity index is 999. The van der Waals surface area contributed by atoms with Crippen LogP contribution in [-0.4, -0.2) is 46.4 Å². The lowest BCUT2D eigenvalue weighted by Gasteiger charge is -2.31. The van der Waals surface area contributed by atoms with Crippen LogP contribution in [-0.2, 0) is 17.8 Å². The molecule has 2 aromatic carbocycles. The zero-order valence-electron chi connectivity index (χ0n) is 17.5. The first-order chi connectivity index (χ1) is 14.6. The maximum absolute atomic E-state index is 12.6. The van der Waals surface area contributed by atoms with Crippen molar-refractivity contribution in [3.05, 3.63) is 83.2 Å². The summed E-state index contributed by atoms with van der Waals surface area (Å²) < 4.78 is 7.41. The maximum Gasteiger partial charge on any atom is 0.272 e. The first-order valence-electron chi connectivity index (χ1n) is 10.4. The number of rotatable bonds is 6. The number of aromatic nitrogens is 2. The molecule has 2 heterocycles. The van der Waals surface area contributed by atoms with Gasteiger partial charge in [0.1, 0.15) is 0 Å². The highest BCUT2D eigenvalue weighted by molar-refractivity contribution is 5.92. The Balaban J connectivity index is 1.37. The highest BCUT2D eigenvalue weighted by Crippen LogP contribution is 2.14. The van der Waals surface area contributed by atoms with Gasteiger partial charge in [-0.25, -0.2) is 4.68 Å². The molecule has 0 spiro atoms. The van der Waals surface area contributed by atoms with Crippen LogP contribution in [0.2, 0.25) is 0 Å². The monoisotopic (exact) mass is 404 g/mol. The number of hydrogen-bond acceptors (Lipinski definition) is 4. The van der Waals surface area contributed by atoms with E-state index in [1.165, 1.54) is 5.56 Å². The van der Waals surface area contributed by atoms with Crippen molar-refractivity contribution in [2.24, 2.45) is 0 Å². The SMILES string of the molecule is Cc1cc(C(=O)NCc2cccc(CN3CCOC(C)C3)c2)nn1-c1ccccc1. The topological polar surface area (TPSA) is 59.4 Å². The van der Waals surface area contributed by atoms with E-state index in [1.807, 2.05) is 49.4 Å². The van der Waals surface area contributed by atoms with Gasteiger partial charge in [0.2, 0.25) is 0 Å². The smallest absolute Gasteiger partial charge is 0.272 e. The molecule has 4 rings (SSSR count). The van der Waals surface area contributed by atoms with Crippen LogP contribution < -0.4 is 5.32 Å². The molecule has 30 heavy (non-hydrogen) atoms. The Morgan fingerprint density at radius 3 is 2.73 bits per heavy atom. The number of ether oxygens (including phenoxy) is 1. The predicted octanol–water partition coefficient (Wildman–Crippen LogP) is 3.33. The molecule has 1 amide bonds. The number of carbonyl (C=O) groups excluding carboxylic acids is 1. The lowest BCUT2D eigenvalue weighted by atomic mass is 10.1. The summed E-state index contributed by atoms with van der Waals surface area (Å²) in [5.41, 5.74) is 4.63. The summed E-state index contributed by atoms with van der Waals surface area (Å²) >= 11 is 0. The highest BCUT2D eigenvalue weighted by Gasteiger charge is 2.17. The molecule has 0 bridgehead atoms. The van der Waals surface area contributed by atoms with Gasteiger partial charge in [-0.1, -0.05) is 42.5 Å². The number of benzene rings is 2. The standard InChI is InChI=1S/C24H28N4O2/c1-18-13-23(26-28(18)22-9-4-3-5-10-22)24(29)25-15-20-7-6-8-21(14-20)17-27-11-12-30-19(2)16-27/h3-10,13-14,19H,11-12,15-17H2,1-2H3,(H,25,29). The van der Waals surface area contributed by atoms with E-state index in [0.717, 1.165) is 43.2 Å². The second-order valence-electron chi connectivity index (χ2n) is 7.84. The van der Waals surface area contributed by atoms with E-state index in [1.54, 1.807) is 4.68 Å². The van der Waals surface area contributed by atoms with Crippen molar-refractivity contribution in [3.63, 3.8) is 0 Å². The normalized spacial score (nSPS) is 17.1. The Morgan fingerprint density at radius 1 is 1.13 bits per heavy atom. The summed E-state index contributed by atoms with van der Waals surface area (Å²) in [6.07, 6.45) is 0.278. The number of nitrogens with zero attached hydrogens (tertiary/aromatic N) is 3. The summed E-state index contributed by atoms with van der Waals surface area (Å²) in [6.45, 7) is 8.12. The minimum Gasteiger partial charge on any atom is -0.376 e. The summed E-state index contributed by atoms with van der Waals surface area (Å²) in [4.78, 5) is 15.1. The van der Waals surface area contributed by atoms with E-state index >= 15 is 0 Å². The molecule has 1 aliphatic heterocycles. The molecule has 0 radical (unpaired) electrons. The number of carbonyl (C=O) groups is 1. The Kier molecular flexibility index (Phi) is 6.26. The second kappa shape index (κ2) is 9.24. The predicted molar refractivity (Wildman–Crippen MR) is 117 cm³/mol. The molecule has 3 aromatic rings. The molecular formula is C24H28N4O2. The van der Waals surface area contributed by atoms with Crippen LogP contribution in [0.15, 0.2) is 60.7 Å². The number of amides is 1. The number of hydrogen-bond donors (Lipinski definition) is 1. The Hall–Kier alpha value is -2.96. The third-order valence-corrected chi connectivity index (χ3v) is 5.30. The lowest BCUT2D eigenvalue weighted by molar-refractivity contribution is -0.0212. The molecule has 0 aliphatic carbocycles. The molecule has 1 atom stereocenters. The average molecular weight is 405 g/mol. The molecule has 1 unspecified atom stereocenters. The second-order valence-corrected chi connectivity index (χ2v) is 7.84. The minimum absolute atomic E-state index is 0.166. The fourth-order valence-electron chi connectivity index (χ4n) is 3.82. The third kappa shape index (κ3) is 4.96. The minimum atomic E-state index is -0.166. The molecule has 1 aliphatic rings. The zero-order chi connectivity index (χ0) is 20.9. The number of morpholine rings is 1. The van der Waals surface area contributed by atoms with Crippen molar-refractivity contribution in [3.8, 4) is 5.69 Å². The van der Waals surface area contributed by atoms with E-state index in [4.69, 9.17) is 4.74 Å². The summed E-state index contributed by atoms with van der Waals surface area (Å²) in [5.74, 6) is -0.166. The van der Waals surface area contributed by atoms with Crippen LogP contribution >= 0.6 is 0 Å². The van der Waals surface area contributed by atoms with Crippen molar-refractivity contribution in [2.75, 3.05) is 19.7 Å². The van der Waals surface area contributed by atoms with Gasteiger partial charge in [-0.2, -0.15) is 5.10 Å². The summed E-state index contributed by atoms with van der Waals surface area (Å²) in [5, 5.41) is 7.48. The van der Waals surface area contributed by atoms with Crippen molar-refractivity contribution in [1.29, 1.82) is 0 Å². The van der Waals surface area contributed by atoms with Gasteiger partial charge in [0, 0.05) is 31.9 Å². The largest absolute Gasteiger partial charge is 0.376 e. The van der Waals surface area contributed by atoms with Gasteiger partial charge in [0.25, 0.3) is 5.91 Å². The highest BCUT2D eigenvalue weighted by atomic mass is 16.5. The fraction of sp³-hybridized carbons (Fsp3) is 0.333. The van der Waals surface area contributed by atoms with Gasteiger partial charge in [-0.3, -0.25) is 9.69 Å². The molecule has 1 N–H and O–H groups in total. The quantitative estimate of drug-likeness (QED) is 0.685. The van der Waals surface area contributed by atoms with E-state index in [0.29, 0.717) is 12.2 Å². The van der Waals surface area contributed by atoms with E-state index in [-0.39, 0.29) is 12.0 Å². The summed E-state index contributed by atoms with van der Waals surface area (Å²) in [7, 11) is 0. The van der Waals surface area contributed by atoms with E-state index in [9.17, 15) is 4.79 Å². The number of aryl methyl sites for hydroxylation is 1. The number of para-hydroxylation sites is 1. The Morgan fingerprint density at radius 2 is 1.93 bits per heavy atom. The zero-order valence-corrected chi connectivity index (χ0v) is 17.5. The van der Waals surface area contributed by atoms with Crippen molar-refractivity contribution >= 4 is 5.91 Å². The van der Waals surface area contributed by atoms with Crippen LogP contribution in [0.5, 0.6) is 0 Å². The summed E-state index contributed by atoms with van der Waals surface area (Å²) in [6, 6.07) is 20.0. The van der Waals surface area contributed by atoms with Gasteiger partial charge >= 0.3 is 0 Å². The van der Waals surface area contributed by atoms with Crippen LogP contribution in [0.25, 0.3) is 5.69 Å². The van der Waals surface area contributed by atoms with Crippen LogP contribution in [0, 0.1) is 6.92 Å². The van der Waals surface area contributed by atoms with Gasteiger partial charge < -0.3 is 10.1 Å². The van der Waals surface area contributed by atoms with Gasteiger partial charge in [-0.05, 0) is 43.2 Å².